The molecule has 10 nitrogen and oxygen atoms in total. The molecule has 0 spiro atoms. The van der Waals surface area contributed by atoms with Gasteiger partial charge in [0.15, 0.2) is 0 Å². The lowest BCUT2D eigenvalue weighted by atomic mass is 9.98. The van der Waals surface area contributed by atoms with Crippen LogP contribution in [0.15, 0.2) is 78.9 Å². The quantitative estimate of drug-likeness (QED) is 0.210. The van der Waals surface area contributed by atoms with Gasteiger partial charge in [0.05, 0.1) is 6.04 Å². The van der Waals surface area contributed by atoms with Crippen LogP contribution in [0.3, 0.4) is 0 Å². The van der Waals surface area contributed by atoms with Crippen LogP contribution in [0.2, 0.25) is 0 Å². The molecule has 0 unspecified atom stereocenters. The number of nitrogen functional groups attached to an aromatic ring is 1. The first kappa shape index (κ1) is 30.8. The van der Waals surface area contributed by atoms with Crippen LogP contribution < -0.4 is 16.8 Å². The molecule has 3 rings (SSSR count). The molecule has 0 aliphatic carbocycles. The summed E-state index contributed by atoms with van der Waals surface area (Å²) >= 11 is 0. The molecule has 0 saturated heterocycles. The van der Waals surface area contributed by atoms with E-state index in [1.165, 1.54) is 24.3 Å². The normalized spacial score (nSPS) is 13.2. The summed E-state index contributed by atoms with van der Waals surface area (Å²) in [5.74, 6) is -3.58. The Bertz CT molecular complexity index is 1340. The molecule has 7 N–H and O–H groups in total. The lowest BCUT2D eigenvalue weighted by molar-refractivity contribution is -0.144. The van der Waals surface area contributed by atoms with Crippen LogP contribution in [-0.2, 0) is 27.2 Å². The number of hydrogen-bond acceptors (Lipinski definition) is 7. The van der Waals surface area contributed by atoms with E-state index in [1.54, 1.807) is 54.6 Å². The highest BCUT2D eigenvalue weighted by molar-refractivity contribution is 6.09. The van der Waals surface area contributed by atoms with Gasteiger partial charge in [-0.3, -0.25) is 19.3 Å². The maximum Gasteiger partial charge on any atom is 0.326 e. The van der Waals surface area contributed by atoms with Crippen molar-refractivity contribution in [2.45, 2.75) is 51.2 Å². The van der Waals surface area contributed by atoms with Gasteiger partial charge in [-0.15, -0.1) is 0 Å². The third kappa shape index (κ3) is 8.64. The number of phenols is 1. The lowest BCUT2D eigenvalue weighted by Crippen LogP contribution is -2.59. The van der Waals surface area contributed by atoms with Gasteiger partial charge in [-0.2, -0.15) is 0 Å². The Kier molecular flexibility index (Phi) is 10.6. The number of aliphatic carboxylic acids is 1. The van der Waals surface area contributed by atoms with Gasteiger partial charge in [-0.05, 0) is 66.3 Å². The molecular weight excluding hydrogens is 524 g/mol. The van der Waals surface area contributed by atoms with Crippen molar-refractivity contribution in [2.24, 2.45) is 11.7 Å². The maximum absolute atomic E-state index is 13.9. The Labute approximate surface area is 239 Å². The Hall–Kier alpha value is -4.70. The van der Waals surface area contributed by atoms with E-state index in [0.717, 1.165) is 4.90 Å². The van der Waals surface area contributed by atoms with Gasteiger partial charge in [0.2, 0.25) is 11.8 Å². The van der Waals surface area contributed by atoms with Crippen molar-refractivity contribution >= 4 is 29.4 Å². The van der Waals surface area contributed by atoms with E-state index in [0.29, 0.717) is 16.8 Å². The predicted octanol–water partition coefficient (Wildman–Crippen LogP) is 2.74. The summed E-state index contributed by atoms with van der Waals surface area (Å²) in [5, 5.41) is 21.9. The van der Waals surface area contributed by atoms with Gasteiger partial charge >= 0.3 is 5.97 Å². The number of carbonyl (C=O) groups excluding carboxylic acids is 3. The summed E-state index contributed by atoms with van der Waals surface area (Å²) in [6.07, 6.45) is 0.0754. The molecule has 0 aliphatic rings. The average Bonchev–Trinajstić information content (AvgIpc) is 2.94. The lowest BCUT2D eigenvalue weighted by Gasteiger charge is -2.32. The topological polar surface area (TPSA) is 176 Å². The highest BCUT2D eigenvalue weighted by Gasteiger charge is 2.39. The molecule has 41 heavy (non-hydrogen) atoms. The van der Waals surface area contributed by atoms with Crippen molar-refractivity contribution in [3.63, 3.8) is 0 Å². The summed E-state index contributed by atoms with van der Waals surface area (Å²) in [5.41, 5.74) is 14.0. The number of carboxylic acid groups (broad SMARTS) is 1. The van der Waals surface area contributed by atoms with E-state index < -0.39 is 41.8 Å². The van der Waals surface area contributed by atoms with Crippen molar-refractivity contribution < 1.29 is 29.4 Å². The minimum absolute atomic E-state index is 0.0268. The molecule has 0 heterocycles. The Balaban J connectivity index is 2.06. The number of hydrogen-bond donors (Lipinski definition) is 5. The largest absolute Gasteiger partial charge is 0.508 e. The molecule has 0 aromatic heterocycles. The number of rotatable bonds is 12. The number of nitrogens with one attached hydrogen (secondary N) is 1. The molecule has 0 aliphatic heterocycles. The number of aromatic hydroxyl groups is 1. The van der Waals surface area contributed by atoms with Gasteiger partial charge in [0.25, 0.3) is 5.91 Å². The zero-order valence-corrected chi connectivity index (χ0v) is 23.1. The third-order valence-electron chi connectivity index (χ3n) is 6.53. The fourth-order valence-corrected chi connectivity index (χ4v) is 4.41. The van der Waals surface area contributed by atoms with Crippen molar-refractivity contribution in [1.29, 1.82) is 0 Å². The summed E-state index contributed by atoms with van der Waals surface area (Å²) in [6, 6.07) is 16.9. The van der Waals surface area contributed by atoms with Gasteiger partial charge in [0.1, 0.15) is 17.8 Å². The van der Waals surface area contributed by atoms with Gasteiger partial charge in [-0.25, -0.2) is 4.79 Å². The molecule has 216 valence electrons. The number of carbonyl (C=O) groups is 4. The number of nitrogens with zero attached hydrogens (tertiary/aromatic N) is 1. The molecule has 0 radical (unpaired) electrons. The van der Waals surface area contributed by atoms with Crippen molar-refractivity contribution in [2.75, 3.05) is 5.73 Å². The number of phenolic OH excluding ortho intramolecular Hbond substituents is 1. The zero-order valence-electron chi connectivity index (χ0n) is 23.1. The van der Waals surface area contributed by atoms with Gasteiger partial charge in [0, 0.05) is 17.7 Å². The molecule has 3 amide bonds. The molecule has 10 heteroatoms. The number of nitrogens with two attached hydrogens (primary N) is 2. The summed E-state index contributed by atoms with van der Waals surface area (Å²) < 4.78 is 0. The maximum atomic E-state index is 13.9. The molecule has 3 atom stereocenters. The summed E-state index contributed by atoms with van der Waals surface area (Å²) in [6.45, 7) is 3.65. The van der Waals surface area contributed by atoms with Crippen LogP contribution in [0.25, 0.3) is 0 Å². The van der Waals surface area contributed by atoms with Gasteiger partial charge in [-0.1, -0.05) is 56.3 Å². The summed E-state index contributed by atoms with van der Waals surface area (Å²) in [7, 11) is 0. The molecular formula is C31H36N4O6. The molecule has 3 aromatic carbocycles. The van der Waals surface area contributed by atoms with E-state index in [9.17, 15) is 29.4 Å². The second kappa shape index (κ2) is 14.1. The molecule has 0 bridgehead atoms. The van der Waals surface area contributed by atoms with E-state index >= 15 is 0 Å². The highest BCUT2D eigenvalue weighted by atomic mass is 16.4. The SMILES string of the molecule is CC(C)C[C@H](NC(=O)[C@H](Cc1ccc(N)cc1)N(C(=O)c1ccccc1)C(=O)[C@@H](N)Cc1ccc(O)cc1)C(=O)O. The Morgan fingerprint density at radius 1 is 0.854 bits per heavy atom. The highest BCUT2D eigenvalue weighted by Crippen LogP contribution is 2.19. The number of amides is 3. The first-order valence-electron chi connectivity index (χ1n) is 13.3. The van der Waals surface area contributed by atoms with Crippen molar-refractivity contribution in [3.8, 4) is 5.75 Å². The van der Waals surface area contributed by atoms with E-state index in [-0.39, 0.29) is 36.5 Å². The van der Waals surface area contributed by atoms with Gasteiger partial charge < -0.3 is 27.0 Å². The van der Waals surface area contributed by atoms with Crippen LogP contribution in [0.1, 0.15) is 41.8 Å². The second-order valence-corrected chi connectivity index (χ2v) is 10.3. The molecule has 0 saturated carbocycles. The van der Waals surface area contributed by atoms with Crippen LogP contribution in [0.4, 0.5) is 5.69 Å². The fraction of sp³-hybridized carbons (Fsp3) is 0.290. The molecule has 0 fully saturated rings. The first-order valence-corrected chi connectivity index (χ1v) is 13.3. The first-order chi connectivity index (χ1) is 19.5. The van der Waals surface area contributed by atoms with E-state index in [4.69, 9.17) is 11.5 Å². The van der Waals surface area contributed by atoms with Crippen LogP contribution in [0.5, 0.6) is 5.75 Å². The van der Waals surface area contributed by atoms with E-state index in [2.05, 4.69) is 5.32 Å². The second-order valence-electron chi connectivity index (χ2n) is 10.3. The number of anilines is 1. The average molecular weight is 561 g/mol. The van der Waals surface area contributed by atoms with Crippen LogP contribution >= 0.6 is 0 Å². The zero-order chi connectivity index (χ0) is 30.1. The van der Waals surface area contributed by atoms with E-state index in [1.807, 2.05) is 13.8 Å². The fourth-order valence-electron chi connectivity index (χ4n) is 4.41. The van der Waals surface area contributed by atoms with Crippen molar-refractivity contribution in [3.05, 3.63) is 95.6 Å². The smallest absolute Gasteiger partial charge is 0.326 e. The third-order valence-corrected chi connectivity index (χ3v) is 6.53. The number of benzene rings is 3. The standard InChI is InChI=1S/C31H36N4O6/c1-19(2)16-26(31(40)41)34-28(37)27(18-21-8-12-23(32)13-9-21)35(29(38)22-6-4-3-5-7-22)30(39)25(33)17-20-10-14-24(36)15-11-20/h3-15,19,25-27,36H,16-18,32-33H2,1-2H3,(H,34,37)(H,40,41)/t25-,26-,27-/m0/s1. The van der Waals surface area contributed by atoms with Crippen molar-refractivity contribution in [1.82, 2.24) is 10.2 Å². The minimum atomic E-state index is -1.42. The predicted molar refractivity (Wildman–Crippen MR) is 155 cm³/mol. The Morgan fingerprint density at radius 2 is 1.41 bits per heavy atom. The monoisotopic (exact) mass is 560 g/mol. The number of imide groups is 1. The molecule has 3 aromatic rings. The number of carboxylic acids is 1. The summed E-state index contributed by atoms with van der Waals surface area (Å²) in [4.78, 5) is 54.4. The Morgan fingerprint density at radius 3 is 1.98 bits per heavy atom. The van der Waals surface area contributed by atoms with Crippen LogP contribution in [0, 0.1) is 5.92 Å². The van der Waals surface area contributed by atoms with Crippen LogP contribution in [-0.4, -0.2) is 56.9 Å². The minimum Gasteiger partial charge on any atom is -0.508 e.